The van der Waals surface area contributed by atoms with Crippen LogP contribution in [0.15, 0.2) is 0 Å². The zero-order chi connectivity index (χ0) is 11.8. The van der Waals surface area contributed by atoms with Crippen LogP contribution < -0.4 is 0 Å². The third kappa shape index (κ3) is 3.99. The lowest BCUT2D eigenvalue weighted by Crippen LogP contribution is -2.38. The van der Waals surface area contributed by atoms with Crippen molar-refractivity contribution in [1.82, 2.24) is 4.90 Å². The predicted octanol–water partition coefficient (Wildman–Crippen LogP) is 1.54. The number of carbonyl (C=O) groups is 1. The molecule has 0 fully saturated rings. The van der Waals surface area contributed by atoms with Gasteiger partial charge in [0.15, 0.2) is 0 Å². The molecular weight excluding hydrogens is 190 g/mol. The van der Waals surface area contributed by atoms with Crippen LogP contribution in [0.2, 0.25) is 0 Å². The van der Waals surface area contributed by atoms with Crippen LogP contribution in [0.25, 0.3) is 0 Å². The van der Waals surface area contributed by atoms with E-state index in [-0.39, 0.29) is 11.8 Å². The summed E-state index contributed by atoms with van der Waals surface area (Å²) in [5.41, 5.74) is 0. The standard InChI is InChI=1S/C11H17N3O/c1-4-10(7-13)11(15)14(5-2)8-9(3)6-12/h9-10H,4-5,8H2,1-3H3. The molecule has 0 N–H and O–H groups in total. The number of hydrogen-bond acceptors (Lipinski definition) is 3. The van der Waals surface area contributed by atoms with E-state index in [0.717, 1.165) is 0 Å². The van der Waals surface area contributed by atoms with Crippen LogP contribution in [0.1, 0.15) is 27.2 Å². The minimum Gasteiger partial charge on any atom is -0.341 e. The van der Waals surface area contributed by atoms with Crippen molar-refractivity contribution in [2.45, 2.75) is 27.2 Å². The van der Waals surface area contributed by atoms with Gasteiger partial charge in [0.2, 0.25) is 5.91 Å². The van der Waals surface area contributed by atoms with Crippen molar-refractivity contribution in [3.05, 3.63) is 0 Å². The van der Waals surface area contributed by atoms with Crippen molar-refractivity contribution in [3.8, 4) is 12.1 Å². The number of nitrogens with zero attached hydrogens (tertiary/aromatic N) is 3. The second kappa shape index (κ2) is 6.84. The van der Waals surface area contributed by atoms with Gasteiger partial charge in [-0.25, -0.2) is 0 Å². The van der Waals surface area contributed by atoms with Crippen molar-refractivity contribution in [2.75, 3.05) is 13.1 Å². The van der Waals surface area contributed by atoms with Crippen LogP contribution in [0.4, 0.5) is 0 Å². The molecule has 2 atom stereocenters. The highest BCUT2D eigenvalue weighted by atomic mass is 16.2. The molecule has 0 aliphatic heterocycles. The molecule has 0 aromatic carbocycles. The smallest absolute Gasteiger partial charge is 0.239 e. The van der Waals surface area contributed by atoms with Gasteiger partial charge in [-0.2, -0.15) is 10.5 Å². The number of hydrogen-bond donors (Lipinski definition) is 0. The van der Waals surface area contributed by atoms with Crippen LogP contribution in [0.3, 0.4) is 0 Å². The molecule has 82 valence electrons. The summed E-state index contributed by atoms with van der Waals surface area (Å²) in [6, 6.07) is 4.07. The highest BCUT2D eigenvalue weighted by Crippen LogP contribution is 2.08. The molecule has 0 saturated heterocycles. The van der Waals surface area contributed by atoms with Crippen LogP contribution in [0, 0.1) is 34.5 Å². The van der Waals surface area contributed by atoms with Gasteiger partial charge in [-0.3, -0.25) is 4.79 Å². The normalized spacial score (nSPS) is 13.4. The summed E-state index contributed by atoms with van der Waals surface area (Å²) in [6.07, 6.45) is 0.521. The van der Waals surface area contributed by atoms with Gasteiger partial charge in [-0.1, -0.05) is 6.92 Å². The Bertz CT molecular complexity index is 287. The van der Waals surface area contributed by atoms with Crippen LogP contribution >= 0.6 is 0 Å². The Balaban J connectivity index is 4.49. The molecular formula is C11H17N3O. The molecule has 0 bridgehead atoms. The maximum atomic E-state index is 11.8. The molecule has 0 aliphatic rings. The second-order valence-electron chi connectivity index (χ2n) is 3.50. The predicted molar refractivity (Wildman–Crippen MR) is 56.4 cm³/mol. The summed E-state index contributed by atoms with van der Waals surface area (Å²) in [5, 5.41) is 17.4. The number of rotatable bonds is 5. The van der Waals surface area contributed by atoms with Gasteiger partial charge in [0.05, 0.1) is 18.1 Å². The number of nitriles is 2. The van der Waals surface area contributed by atoms with E-state index in [1.165, 1.54) is 0 Å². The zero-order valence-corrected chi connectivity index (χ0v) is 9.53. The summed E-state index contributed by atoms with van der Waals surface area (Å²) in [7, 11) is 0. The minimum atomic E-state index is -0.573. The van der Waals surface area contributed by atoms with E-state index in [0.29, 0.717) is 19.5 Å². The topological polar surface area (TPSA) is 67.9 Å². The SMILES string of the molecule is CCC(C#N)C(=O)N(CC)CC(C)C#N. The van der Waals surface area contributed by atoms with Crippen molar-refractivity contribution in [1.29, 1.82) is 10.5 Å². The first-order valence-corrected chi connectivity index (χ1v) is 5.18. The van der Waals surface area contributed by atoms with Crippen molar-refractivity contribution >= 4 is 5.91 Å². The van der Waals surface area contributed by atoms with Crippen molar-refractivity contribution in [3.63, 3.8) is 0 Å². The average molecular weight is 207 g/mol. The molecule has 0 saturated carbocycles. The van der Waals surface area contributed by atoms with Gasteiger partial charge in [-0.05, 0) is 20.3 Å². The second-order valence-corrected chi connectivity index (χ2v) is 3.50. The van der Waals surface area contributed by atoms with E-state index in [1.807, 2.05) is 19.9 Å². The molecule has 0 aromatic rings. The molecule has 1 amide bonds. The summed E-state index contributed by atoms with van der Waals surface area (Å²) in [6.45, 7) is 6.38. The Morgan fingerprint density at radius 1 is 1.33 bits per heavy atom. The Morgan fingerprint density at radius 3 is 2.27 bits per heavy atom. The molecule has 0 aromatic heterocycles. The Hall–Kier alpha value is -1.55. The van der Waals surface area contributed by atoms with E-state index in [4.69, 9.17) is 10.5 Å². The van der Waals surface area contributed by atoms with Gasteiger partial charge >= 0.3 is 0 Å². The molecule has 2 unspecified atom stereocenters. The molecule has 15 heavy (non-hydrogen) atoms. The van der Waals surface area contributed by atoms with Crippen LogP contribution in [-0.4, -0.2) is 23.9 Å². The lowest BCUT2D eigenvalue weighted by atomic mass is 10.1. The lowest BCUT2D eigenvalue weighted by molar-refractivity contribution is -0.134. The van der Waals surface area contributed by atoms with Gasteiger partial charge in [0.25, 0.3) is 0 Å². The van der Waals surface area contributed by atoms with E-state index < -0.39 is 5.92 Å². The summed E-state index contributed by atoms with van der Waals surface area (Å²) in [5.74, 6) is -0.925. The van der Waals surface area contributed by atoms with Gasteiger partial charge in [-0.15, -0.1) is 0 Å². The Labute approximate surface area is 91.1 Å². The molecule has 0 heterocycles. The number of amides is 1. The molecule has 4 heteroatoms. The quantitative estimate of drug-likeness (QED) is 0.686. The average Bonchev–Trinajstić information content (AvgIpc) is 2.26. The highest BCUT2D eigenvalue weighted by molar-refractivity contribution is 5.81. The monoisotopic (exact) mass is 207 g/mol. The Morgan fingerprint density at radius 2 is 1.93 bits per heavy atom. The van der Waals surface area contributed by atoms with Gasteiger partial charge < -0.3 is 4.90 Å². The van der Waals surface area contributed by atoms with E-state index in [1.54, 1.807) is 11.8 Å². The maximum Gasteiger partial charge on any atom is 0.239 e. The third-order valence-electron chi connectivity index (χ3n) is 2.27. The van der Waals surface area contributed by atoms with Gasteiger partial charge in [0.1, 0.15) is 5.92 Å². The first-order valence-electron chi connectivity index (χ1n) is 5.18. The fourth-order valence-corrected chi connectivity index (χ4v) is 1.29. The molecule has 4 nitrogen and oxygen atoms in total. The van der Waals surface area contributed by atoms with E-state index >= 15 is 0 Å². The fraction of sp³-hybridized carbons (Fsp3) is 0.727. The van der Waals surface area contributed by atoms with E-state index in [2.05, 4.69) is 6.07 Å². The highest BCUT2D eigenvalue weighted by Gasteiger charge is 2.22. The van der Waals surface area contributed by atoms with Crippen LogP contribution in [-0.2, 0) is 4.79 Å². The van der Waals surface area contributed by atoms with Crippen molar-refractivity contribution in [2.24, 2.45) is 11.8 Å². The zero-order valence-electron chi connectivity index (χ0n) is 9.53. The Kier molecular flexibility index (Phi) is 6.13. The van der Waals surface area contributed by atoms with Crippen LogP contribution in [0.5, 0.6) is 0 Å². The largest absolute Gasteiger partial charge is 0.341 e. The fourth-order valence-electron chi connectivity index (χ4n) is 1.29. The minimum absolute atomic E-state index is 0.162. The van der Waals surface area contributed by atoms with Crippen molar-refractivity contribution < 1.29 is 4.79 Å². The summed E-state index contributed by atoms with van der Waals surface area (Å²) in [4.78, 5) is 13.4. The maximum absolute atomic E-state index is 11.8. The first-order chi connectivity index (χ1) is 7.10. The number of carbonyl (C=O) groups excluding carboxylic acids is 1. The summed E-state index contributed by atoms with van der Waals surface area (Å²) < 4.78 is 0. The van der Waals surface area contributed by atoms with Gasteiger partial charge in [0, 0.05) is 13.1 Å². The molecule has 0 rings (SSSR count). The lowest BCUT2D eigenvalue weighted by Gasteiger charge is -2.23. The third-order valence-corrected chi connectivity index (χ3v) is 2.27. The molecule has 0 aliphatic carbocycles. The molecule has 0 spiro atoms. The van der Waals surface area contributed by atoms with E-state index in [9.17, 15) is 4.79 Å². The summed E-state index contributed by atoms with van der Waals surface area (Å²) >= 11 is 0. The first kappa shape index (κ1) is 13.4. The molecule has 0 radical (unpaired) electrons.